The standard InChI is InChI=1S/C16H17NO/c1-11-7-4-5-8-13(11)14-9-6-10-15(12(14)2)16(18)17-3/h4-10H,1-3H3,(H,17,18). The van der Waals surface area contributed by atoms with E-state index in [2.05, 4.69) is 30.4 Å². The summed E-state index contributed by atoms with van der Waals surface area (Å²) in [4.78, 5) is 11.8. The molecule has 0 aliphatic carbocycles. The number of hydrogen-bond acceptors (Lipinski definition) is 1. The molecule has 1 amide bonds. The van der Waals surface area contributed by atoms with Crippen molar-refractivity contribution in [3.8, 4) is 11.1 Å². The van der Waals surface area contributed by atoms with Crippen molar-refractivity contribution in [2.75, 3.05) is 7.05 Å². The minimum absolute atomic E-state index is 0.0389. The molecule has 18 heavy (non-hydrogen) atoms. The maximum Gasteiger partial charge on any atom is 0.251 e. The van der Waals surface area contributed by atoms with Gasteiger partial charge in [0.1, 0.15) is 0 Å². The van der Waals surface area contributed by atoms with E-state index in [4.69, 9.17) is 0 Å². The molecule has 92 valence electrons. The number of aryl methyl sites for hydroxylation is 1. The highest BCUT2D eigenvalue weighted by molar-refractivity contribution is 5.97. The van der Waals surface area contributed by atoms with Crippen molar-refractivity contribution in [2.24, 2.45) is 0 Å². The number of benzene rings is 2. The van der Waals surface area contributed by atoms with Gasteiger partial charge in [-0.25, -0.2) is 0 Å². The van der Waals surface area contributed by atoms with Crippen molar-refractivity contribution in [1.29, 1.82) is 0 Å². The van der Waals surface area contributed by atoms with E-state index < -0.39 is 0 Å². The van der Waals surface area contributed by atoms with Gasteiger partial charge in [-0.05, 0) is 42.2 Å². The van der Waals surface area contributed by atoms with E-state index in [-0.39, 0.29) is 5.91 Å². The lowest BCUT2D eigenvalue weighted by Gasteiger charge is -2.12. The van der Waals surface area contributed by atoms with E-state index in [1.807, 2.05) is 31.2 Å². The van der Waals surface area contributed by atoms with Crippen LogP contribution in [0, 0.1) is 13.8 Å². The first-order valence-electron chi connectivity index (χ1n) is 6.03. The second kappa shape index (κ2) is 5.05. The lowest BCUT2D eigenvalue weighted by atomic mass is 9.93. The minimum Gasteiger partial charge on any atom is -0.355 e. The summed E-state index contributed by atoms with van der Waals surface area (Å²) in [6, 6.07) is 14.1. The lowest BCUT2D eigenvalue weighted by molar-refractivity contribution is 0.0962. The fourth-order valence-corrected chi connectivity index (χ4v) is 2.18. The van der Waals surface area contributed by atoms with E-state index in [1.54, 1.807) is 7.05 Å². The first-order chi connectivity index (χ1) is 8.65. The van der Waals surface area contributed by atoms with E-state index in [0.717, 1.165) is 16.7 Å². The lowest BCUT2D eigenvalue weighted by Crippen LogP contribution is -2.19. The van der Waals surface area contributed by atoms with Crippen molar-refractivity contribution in [1.82, 2.24) is 5.32 Å². The maximum atomic E-state index is 11.8. The molecule has 1 N–H and O–H groups in total. The Morgan fingerprint density at radius 3 is 2.28 bits per heavy atom. The Bertz CT molecular complexity index is 587. The van der Waals surface area contributed by atoms with Gasteiger partial charge in [0.25, 0.3) is 5.91 Å². The third kappa shape index (κ3) is 2.14. The Labute approximate surface area is 108 Å². The fraction of sp³-hybridized carbons (Fsp3) is 0.188. The van der Waals surface area contributed by atoms with Crippen LogP contribution in [0.2, 0.25) is 0 Å². The molecule has 2 aromatic rings. The van der Waals surface area contributed by atoms with Gasteiger partial charge in [-0.3, -0.25) is 4.79 Å². The van der Waals surface area contributed by atoms with E-state index >= 15 is 0 Å². The highest BCUT2D eigenvalue weighted by Crippen LogP contribution is 2.28. The first kappa shape index (κ1) is 12.4. The Kier molecular flexibility index (Phi) is 3.47. The normalized spacial score (nSPS) is 10.2. The molecule has 2 nitrogen and oxygen atoms in total. The van der Waals surface area contributed by atoms with Gasteiger partial charge < -0.3 is 5.32 Å². The highest BCUT2D eigenvalue weighted by atomic mass is 16.1. The number of rotatable bonds is 2. The fourth-order valence-electron chi connectivity index (χ4n) is 2.18. The third-order valence-electron chi connectivity index (χ3n) is 3.24. The van der Waals surface area contributed by atoms with Crippen LogP contribution in [0.4, 0.5) is 0 Å². The molecular formula is C16H17NO. The predicted molar refractivity (Wildman–Crippen MR) is 74.7 cm³/mol. The van der Waals surface area contributed by atoms with Crippen LogP contribution in [-0.2, 0) is 0 Å². The van der Waals surface area contributed by atoms with Gasteiger partial charge in [-0.1, -0.05) is 36.4 Å². The Hall–Kier alpha value is -2.09. The van der Waals surface area contributed by atoms with Crippen molar-refractivity contribution in [3.63, 3.8) is 0 Å². The Balaban J connectivity index is 2.60. The zero-order valence-corrected chi connectivity index (χ0v) is 10.9. The van der Waals surface area contributed by atoms with Crippen molar-refractivity contribution in [2.45, 2.75) is 13.8 Å². The molecule has 2 aromatic carbocycles. The number of carbonyl (C=O) groups is 1. The second-order valence-corrected chi connectivity index (χ2v) is 4.37. The Morgan fingerprint density at radius 1 is 0.944 bits per heavy atom. The predicted octanol–water partition coefficient (Wildman–Crippen LogP) is 3.33. The zero-order valence-electron chi connectivity index (χ0n) is 10.9. The van der Waals surface area contributed by atoms with Crippen LogP contribution < -0.4 is 5.32 Å². The average molecular weight is 239 g/mol. The van der Waals surface area contributed by atoms with E-state index in [1.165, 1.54) is 11.1 Å². The quantitative estimate of drug-likeness (QED) is 0.855. The molecule has 0 saturated carbocycles. The molecule has 0 spiro atoms. The topological polar surface area (TPSA) is 29.1 Å². The summed E-state index contributed by atoms with van der Waals surface area (Å²) in [7, 11) is 1.65. The molecule has 2 rings (SSSR count). The molecule has 0 aliphatic rings. The molecule has 2 heteroatoms. The first-order valence-corrected chi connectivity index (χ1v) is 6.03. The van der Waals surface area contributed by atoms with Crippen LogP contribution in [0.5, 0.6) is 0 Å². The molecule has 0 aliphatic heterocycles. The maximum absolute atomic E-state index is 11.8. The monoisotopic (exact) mass is 239 g/mol. The summed E-state index contributed by atoms with van der Waals surface area (Å²) in [5, 5.41) is 2.68. The van der Waals surface area contributed by atoms with Gasteiger partial charge in [-0.2, -0.15) is 0 Å². The minimum atomic E-state index is -0.0389. The largest absolute Gasteiger partial charge is 0.355 e. The summed E-state index contributed by atoms with van der Waals surface area (Å²) in [6.07, 6.45) is 0. The second-order valence-electron chi connectivity index (χ2n) is 4.37. The summed E-state index contributed by atoms with van der Waals surface area (Å²) in [5.41, 5.74) is 5.27. The number of carbonyl (C=O) groups excluding carboxylic acids is 1. The molecule has 0 heterocycles. The smallest absolute Gasteiger partial charge is 0.251 e. The molecule has 0 aromatic heterocycles. The SMILES string of the molecule is CNC(=O)c1cccc(-c2ccccc2C)c1C. The van der Waals surface area contributed by atoms with Crippen LogP contribution in [0.25, 0.3) is 11.1 Å². The van der Waals surface area contributed by atoms with Gasteiger partial charge in [-0.15, -0.1) is 0 Å². The van der Waals surface area contributed by atoms with Gasteiger partial charge in [0.15, 0.2) is 0 Å². The molecule has 0 fully saturated rings. The number of hydrogen-bond donors (Lipinski definition) is 1. The van der Waals surface area contributed by atoms with Crippen LogP contribution in [0.15, 0.2) is 42.5 Å². The average Bonchev–Trinajstić information content (AvgIpc) is 2.39. The molecule has 0 bridgehead atoms. The molecule has 0 saturated heterocycles. The highest BCUT2D eigenvalue weighted by Gasteiger charge is 2.11. The van der Waals surface area contributed by atoms with Gasteiger partial charge in [0, 0.05) is 12.6 Å². The van der Waals surface area contributed by atoms with Crippen molar-refractivity contribution >= 4 is 5.91 Å². The van der Waals surface area contributed by atoms with E-state index in [0.29, 0.717) is 0 Å². The molecular weight excluding hydrogens is 222 g/mol. The summed E-state index contributed by atoms with van der Waals surface area (Å²) in [6.45, 7) is 4.08. The van der Waals surface area contributed by atoms with Gasteiger partial charge in [0.05, 0.1) is 0 Å². The van der Waals surface area contributed by atoms with Crippen molar-refractivity contribution < 1.29 is 4.79 Å². The van der Waals surface area contributed by atoms with Crippen LogP contribution in [0.1, 0.15) is 21.5 Å². The summed E-state index contributed by atoms with van der Waals surface area (Å²) in [5.74, 6) is -0.0389. The van der Waals surface area contributed by atoms with Crippen molar-refractivity contribution in [3.05, 3.63) is 59.2 Å². The van der Waals surface area contributed by atoms with Gasteiger partial charge in [0.2, 0.25) is 0 Å². The molecule has 0 atom stereocenters. The van der Waals surface area contributed by atoms with Crippen LogP contribution >= 0.6 is 0 Å². The number of amides is 1. The number of nitrogens with one attached hydrogen (secondary N) is 1. The molecule has 0 radical (unpaired) electrons. The summed E-state index contributed by atoms with van der Waals surface area (Å²) < 4.78 is 0. The summed E-state index contributed by atoms with van der Waals surface area (Å²) >= 11 is 0. The van der Waals surface area contributed by atoms with Crippen LogP contribution in [-0.4, -0.2) is 13.0 Å². The Morgan fingerprint density at radius 2 is 1.61 bits per heavy atom. The zero-order chi connectivity index (χ0) is 13.1. The van der Waals surface area contributed by atoms with Crippen LogP contribution in [0.3, 0.4) is 0 Å². The van der Waals surface area contributed by atoms with Gasteiger partial charge >= 0.3 is 0 Å². The van der Waals surface area contributed by atoms with E-state index in [9.17, 15) is 4.79 Å². The molecule has 0 unspecified atom stereocenters. The third-order valence-corrected chi connectivity index (χ3v) is 3.24.